The van der Waals surface area contributed by atoms with Crippen LogP contribution in [0, 0.1) is 5.92 Å². The van der Waals surface area contributed by atoms with Crippen LogP contribution in [0.3, 0.4) is 0 Å². The van der Waals surface area contributed by atoms with E-state index in [1.54, 1.807) is 13.1 Å². The molecule has 0 aliphatic heterocycles. The van der Waals surface area contributed by atoms with Gasteiger partial charge in [0.25, 0.3) is 0 Å². The fourth-order valence-corrected chi connectivity index (χ4v) is 1.76. The molecular formula is C16H21N3O2. The highest BCUT2D eigenvalue weighted by molar-refractivity contribution is 5.92. The second-order valence-corrected chi connectivity index (χ2v) is 5.43. The maximum absolute atomic E-state index is 11.8. The molecule has 0 saturated carbocycles. The molecule has 0 fully saturated rings. The topological polar surface area (TPSA) is 81.2 Å². The Balaban J connectivity index is 2.09. The van der Waals surface area contributed by atoms with Crippen LogP contribution in [-0.2, 0) is 4.79 Å². The molecule has 5 nitrogen and oxygen atoms in total. The summed E-state index contributed by atoms with van der Waals surface area (Å²) in [5.41, 5.74) is 7.09. The smallest absolute Gasteiger partial charge is 0.228 e. The fourth-order valence-electron chi connectivity index (χ4n) is 1.76. The molecule has 5 heteroatoms. The molecule has 112 valence electrons. The summed E-state index contributed by atoms with van der Waals surface area (Å²) in [7, 11) is 0. The predicted molar refractivity (Wildman–Crippen MR) is 82.9 cm³/mol. The van der Waals surface area contributed by atoms with E-state index in [0.717, 1.165) is 17.0 Å². The predicted octanol–water partition coefficient (Wildman–Crippen LogP) is 3.00. The van der Waals surface area contributed by atoms with Crippen molar-refractivity contribution in [3.05, 3.63) is 36.2 Å². The van der Waals surface area contributed by atoms with Gasteiger partial charge in [0, 0.05) is 29.6 Å². The van der Waals surface area contributed by atoms with Crippen molar-refractivity contribution < 1.29 is 9.21 Å². The van der Waals surface area contributed by atoms with Crippen molar-refractivity contribution in [3.63, 3.8) is 0 Å². The second kappa shape index (κ2) is 6.54. The summed E-state index contributed by atoms with van der Waals surface area (Å²) in [5.74, 6) is 1.47. The Morgan fingerprint density at radius 2 is 1.95 bits per heavy atom. The summed E-state index contributed by atoms with van der Waals surface area (Å²) in [5, 5.41) is 2.82. The van der Waals surface area contributed by atoms with E-state index >= 15 is 0 Å². The second-order valence-electron chi connectivity index (χ2n) is 5.43. The number of aromatic nitrogens is 1. The Kier molecular flexibility index (Phi) is 4.75. The van der Waals surface area contributed by atoms with E-state index in [0.29, 0.717) is 18.4 Å². The number of nitrogens with two attached hydrogens (primary N) is 1. The summed E-state index contributed by atoms with van der Waals surface area (Å²) in [6, 6.07) is 7.41. The largest absolute Gasteiger partial charge is 0.441 e. The molecule has 0 bridgehead atoms. The third-order valence-corrected chi connectivity index (χ3v) is 3.29. The average Bonchev–Trinajstić information content (AvgIpc) is 2.97. The Morgan fingerprint density at radius 1 is 1.29 bits per heavy atom. The van der Waals surface area contributed by atoms with Gasteiger partial charge in [-0.15, -0.1) is 0 Å². The Bertz CT molecular complexity index is 602. The van der Waals surface area contributed by atoms with Crippen LogP contribution in [0.25, 0.3) is 11.5 Å². The first kappa shape index (κ1) is 15.3. The maximum atomic E-state index is 11.8. The standard InChI is InChI=1S/C16H21N3O2/c1-10(2)14-9-18-16(21-14)12-4-6-13(7-5-12)19-15(20)11(3)8-17/h4-7,9-11H,8,17H2,1-3H3,(H,19,20). The van der Waals surface area contributed by atoms with Crippen LogP contribution in [0.5, 0.6) is 0 Å². The number of anilines is 1. The highest BCUT2D eigenvalue weighted by Crippen LogP contribution is 2.24. The van der Waals surface area contributed by atoms with Gasteiger partial charge in [-0.2, -0.15) is 0 Å². The molecule has 1 aromatic heterocycles. The van der Waals surface area contributed by atoms with E-state index in [4.69, 9.17) is 10.2 Å². The molecule has 0 aliphatic carbocycles. The van der Waals surface area contributed by atoms with Gasteiger partial charge in [-0.25, -0.2) is 4.98 Å². The molecule has 1 atom stereocenters. The van der Waals surface area contributed by atoms with E-state index < -0.39 is 0 Å². The molecule has 2 rings (SSSR count). The number of hydrogen-bond donors (Lipinski definition) is 2. The maximum Gasteiger partial charge on any atom is 0.228 e. The number of oxazole rings is 1. The van der Waals surface area contributed by atoms with Gasteiger partial charge in [0.15, 0.2) is 0 Å². The van der Waals surface area contributed by atoms with Crippen molar-refractivity contribution in [3.8, 4) is 11.5 Å². The quantitative estimate of drug-likeness (QED) is 0.885. The Labute approximate surface area is 124 Å². The van der Waals surface area contributed by atoms with E-state index in [-0.39, 0.29) is 11.8 Å². The van der Waals surface area contributed by atoms with Gasteiger partial charge in [0.05, 0.1) is 6.20 Å². The number of amides is 1. The van der Waals surface area contributed by atoms with Crippen molar-refractivity contribution in [2.24, 2.45) is 11.7 Å². The van der Waals surface area contributed by atoms with Crippen LogP contribution >= 0.6 is 0 Å². The number of rotatable bonds is 5. The lowest BCUT2D eigenvalue weighted by molar-refractivity contribution is -0.119. The molecule has 0 radical (unpaired) electrons. The van der Waals surface area contributed by atoms with E-state index in [1.807, 2.05) is 24.3 Å². The molecule has 0 saturated heterocycles. The average molecular weight is 287 g/mol. The summed E-state index contributed by atoms with van der Waals surface area (Å²) >= 11 is 0. The number of carbonyl (C=O) groups excluding carboxylic acids is 1. The summed E-state index contributed by atoms with van der Waals surface area (Å²) in [6.07, 6.45) is 1.75. The number of hydrogen-bond acceptors (Lipinski definition) is 4. The summed E-state index contributed by atoms with van der Waals surface area (Å²) in [6.45, 7) is 6.24. The van der Waals surface area contributed by atoms with Crippen LogP contribution in [0.1, 0.15) is 32.4 Å². The van der Waals surface area contributed by atoms with Crippen molar-refractivity contribution in [1.29, 1.82) is 0 Å². The summed E-state index contributed by atoms with van der Waals surface area (Å²) < 4.78 is 5.69. The van der Waals surface area contributed by atoms with Crippen LogP contribution in [0.15, 0.2) is 34.9 Å². The molecule has 1 amide bonds. The Morgan fingerprint density at radius 3 is 2.48 bits per heavy atom. The zero-order chi connectivity index (χ0) is 15.4. The normalized spacial score (nSPS) is 12.4. The van der Waals surface area contributed by atoms with E-state index in [9.17, 15) is 4.79 Å². The highest BCUT2D eigenvalue weighted by Gasteiger charge is 2.12. The number of nitrogens with zero attached hydrogens (tertiary/aromatic N) is 1. The van der Waals surface area contributed by atoms with Crippen molar-refractivity contribution in [1.82, 2.24) is 4.98 Å². The lowest BCUT2D eigenvalue weighted by Crippen LogP contribution is -2.26. The molecule has 1 aromatic carbocycles. The van der Waals surface area contributed by atoms with Gasteiger partial charge >= 0.3 is 0 Å². The minimum atomic E-state index is -0.204. The van der Waals surface area contributed by atoms with Crippen molar-refractivity contribution in [2.45, 2.75) is 26.7 Å². The first-order chi connectivity index (χ1) is 10.0. The number of benzene rings is 1. The molecule has 0 aliphatic rings. The van der Waals surface area contributed by atoms with Crippen LogP contribution in [-0.4, -0.2) is 17.4 Å². The minimum absolute atomic E-state index is 0.0801. The SMILES string of the molecule is CC(CN)C(=O)Nc1ccc(-c2ncc(C(C)C)o2)cc1. The van der Waals surface area contributed by atoms with Crippen LogP contribution in [0.4, 0.5) is 5.69 Å². The monoisotopic (exact) mass is 287 g/mol. The molecule has 21 heavy (non-hydrogen) atoms. The minimum Gasteiger partial charge on any atom is -0.441 e. The third-order valence-electron chi connectivity index (χ3n) is 3.29. The number of nitrogens with one attached hydrogen (secondary N) is 1. The van der Waals surface area contributed by atoms with E-state index in [2.05, 4.69) is 24.1 Å². The van der Waals surface area contributed by atoms with Gasteiger partial charge in [-0.3, -0.25) is 4.79 Å². The number of carbonyl (C=O) groups is 1. The molecule has 3 N–H and O–H groups in total. The van der Waals surface area contributed by atoms with Gasteiger partial charge in [0.1, 0.15) is 5.76 Å². The van der Waals surface area contributed by atoms with Gasteiger partial charge < -0.3 is 15.5 Å². The molecule has 2 aromatic rings. The molecule has 1 unspecified atom stereocenters. The fraction of sp³-hybridized carbons (Fsp3) is 0.375. The highest BCUT2D eigenvalue weighted by atomic mass is 16.4. The lowest BCUT2D eigenvalue weighted by atomic mass is 10.1. The molecule has 0 spiro atoms. The first-order valence-corrected chi connectivity index (χ1v) is 7.08. The van der Waals surface area contributed by atoms with Crippen molar-refractivity contribution >= 4 is 11.6 Å². The zero-order valence-corrected chi connectivity index (χ0v) is 12.6. The van der Waals surface area contributed by atoms with Gasteiger partial charge in [-0.05, 0) is 24.3 Å². The van der Waals surface area contributed by atoms with Crippen LogP contribution < -0.4 is 11.1 Å². The van der Waals surface area contributed by atoms with Crippen LogP contribution in [0.2, 0.25) is 0 Å². The van der Waals surface area contributed by atoms with Gasteiger partial charge in [-0.1, -0.05) is 20.8 Å². The zero-order valence-electron chi connectivity index (χ0n) is 12.6. The lowest BCUT2D eigenvalue weighted by Gasteiger charge is -2.09. The summed E-state index contributed by atoms with van der Waals surface area (Å²) in [4.78, 5) is 16.0. The van der Waals surface area contributed by atoms with Crippen molar-refractivity contribution in [2.75, 3.05) is 11.9 Å². The van der Waals surface area contributed by atoms with E-state index in [1.165, 1.54) is 0 Å². The first-order valence-electron chi connectivity index (χ1n) is 7.08. The molecular weight excluding hydrogens is 266 g/mol. The molecule has 1 heterocycles. The third kappa shape index (κ3) is 3.70. The Hall–Kier alpha value is -2.14. The van der Waals surface area contributed by atoms with Gasteiger partial charge in [0.2, 0.25) is 11.8 Å².